The lowest BCUT2D eigenvalue weighted by Gasteiger charge is -2.19. The minimum atomic E-state index is -0.781. The van der Waals surface area contributed by atoms with Crippen molar-refractivity contribution in [2.24, 2.45) is 0 Å². The van der Waals surface area contributed by atoms with E-state index in [1.807, 2.05) is 36.4 Å². The zero-order valence-corrected chi connectivity index (χ0v) is 19.5. The molecule has 0 aliphatic heterocycles. The molecular formula is C26H30O6. The van der Waals surface area contributed by atoms with E-state index in [1.54, 1.807) is 27.7 Å². The normalized spacial score (nSPS) is 11.2. The van der Waals surface area contributed by atoms with Crippen LogP contribution in [0.5, 0.6) is 11.5 Å². The lowest BCUT2D eigenvalue weighted by Crippen LogP contribution is -2.17. The average Bonchev–Trinajstić information content (AvgIpc) is 2.73. The van der Waals surface area contributed by atoms with E-state index in [4.69, 9.17) is 18.9 Å². The van der Waals surface area contributed by atoms with Gasteiger partial charge in [0.2, 0.25) is 0 Å². The van der Waals surface area contributed by atoms with E-state index in [9.17, 15) is 9.59 Å². The highest BCUT2D eigenvalue weighted by molar-refractivity contribution is 6.12. The van der Waals surface area contributed by atoms with Crippen LogP contribution in [0.4, 0.5) is 9.59 Å². The van der Waals surface area contributed by atoms with Crippen LogP contribution in [0.1, 0.15) is 52.7 Å². The zero-order valence-electron chi connectivity index (χ0n) is 19.5. The molecule has 3 aromatic carbocycles. The van der Waals surface area contributed by atoms with Gasteiger partial charge in [0.25, 0.3) is 0 Å². The maximum absolute atomic E-state index is 12.4. The number of aryl methyl sites for hydroxylation is 2. The van der Waals surface area contributed by atoms with E-state index in [1.165, 1.54) is 0 Å². The number of benzene rings is 3. The molecule has 0 spiro atoms. The van der Waals surface area contributed by atoms with Gasteiger partial charge in [0.1, 0.15) is 11.5 Å². The van der Waals surface area contributed by atoms with Gasteiger partial charge in [-0.15, -0.1) is 0 Å². The van der Waals surface area contributed by atoms with Crippen molar-refractivity contribution in [3.63, 3.8) is 0 Å². The molecule has 0 bridgehead atoms. The Labute approximate surface area is 188 Å². The van der Waals surface area contributed by atoms with Crippen LogP contribution in [0.2, 0.25) is 0 Å². The Kier molecular flexibility index (Phi) is 7.23. The van der Waals surface area contributed by atoms with Gasteiger partial charge in [-0.25, -0.2) is 9.59 Å². The van der Waals surface area contributed by atoms with Crippen molar-refractivity contribution in [2.45, 2.75) is 66.6 Å². The molecule has 0 fully saturated rings. The lowest BCUT2D eigenvalue weighted by molar-refractivity contribution is 0.0719. The van der Waals surface area contributed by atoms with Gasteiger partial charge in [-0.3, -0.25) is 0 Å². The van der Waals surface area contributed by atoms with E-state index in [0.717, 1.165) is 24.0 Å². The molecule has 0 amide bonds. The van der Waals surface area contributed by atoms with Gasteiger partial charge in [0, 0.05) is 21.5 Å². The number of carbonyl (C=O) groups is 2. The van der Waals surface area contributed by atoms with Gasteiger partial charge < -0.3 is 18.9 Å². The van der Waals surface area contributed by atoms with Gasteiger partial charge in [-0.1, -0.05) is 38.1 Å². The quantitative estimate of drug-likeness (QED) is 0.235. The fourth-order valence-corrected chi connectivity index (χ4v) is 3.71. The summed E-state index contributed by atoms with van der Waals surface area (Å²) >= 11 is 0. The highest BCUT2D eigenvalue weighted by Gasteiger charge is 2.23. The topological polar surface area (TPSA) is 71.1 Å². The summed E-state index contributed by atoms with van der Waals surface area (Å²) in [6.07, 6.45) is -0.563. The summed E-state index contributed by atoms with van der Waals surface area (Å²) in [5, 5.41) is 2.62. The maximum atomic E-state index is 12.4. The Morgan fingerprint density at radius 1 is 0.688 bits per heavy atom. The molecule has 0 aliphatic rings. The fourth-order valence-electron chi connectivity index (χ4n) is 3.71. The van der Waals surface area contributed by atoms with E-state index in [-0.39, 0.29) is 12.2 Å². The number of ether oxygens (including phenoxy) is 4. The van der Waals surface area contributed by atoms with Crippen LogP contribution < -0.4 is 9.47 Å². The van der Waals surface area contributed by atoms with Crippen molar-refractivity contribution >= 4 is 33.9 Å². The predicted octanol–water partition coefficient (Wildman–Crippen LogP) is 6.97. The Morgan fingerprint density at radius 3 is 1.38 bits per heavy atom. The first-order valence-electron chi connectivity index (χ1n) is 11.0. The summed E-state index contributed by atoms with van der Waals surface area (Å²) in [5.41, 5.74) is 2.26. The van der Waals surface area contributed by atoms with Crippen LogP contribution in [0.3, 0.4) is 0 Å². The van der Waals surface area contributed by atoms with Crippen molar-refractivity contribution in [1.82, 2.24) is 0 Å². The number of carbonyl (C=O) groups excluding carboxylic acids is 2. The molecule has 0 radical (unpaired) electrons. The summed E-state index contributed by atoms with van der Waals surface area (Å²) in [6, 6.07) is 11.3. The number of hydrogen-bond donors (Lipinski definition) is 0. The monoisotopic (exact) mass is 438 g/mol. The zero-order chi connectivity index (χ0) is 23.4. The van der Waals surface area contributed by atoms with Crippen molar-refractivity contribution in [2.75, 3.05) is 0 Å². The Bertz CT molecular complexity index is 1060. The van der Waals surface area contributed by atoms with E-state index < -0.39 is 12.3 Å². The highest BCUT2D eigenvalue weighted by Crippen LogP contribution is 2.44. The minimum Gasteiger partial charge on any atom is -0.431 e. The lowest BCUT2D eigenvalue weighted by atomic mass is 9.94. The third kappa shape index (κ3) is 4.96. The molecule has 170 valence electrons. The minimum absolute atomic E-state index is 0.314. The molecule has 0 unspecified atom stereocenters. The molecule has 0 heterocycles. The molecule has 0 aliphatic carbocycles. The first kappa shape index (κ1) is 23.4. The molecule has 0 N–H and O–H groups in total. The second-order valence-electron chi connectivity index (χ2n) is 8.11. The van der Waals surface area contributed by atoms with Crippen molar-refractivity contribution in [1.29, 1.82) is 0 Å². The Morgan fingerprint density at radius 2 is 1.06 bits per heavy atom. The summed E-state index contributed by atoms with van der Waals surface area (Å²) < 4.78 is 21.9. The molecule has 0 saturated carbocycles. The molecule has 0 aromatic heterocycles. The Hall–Kier alpha value is -3.28. The van der Waals surface area contributed by atoms with Crippen LogP contribution in [0.15, 0.2) is 36.4 Å². The molecule has 6 nitrogen and oxygen atoms in total. The SMILES string of the molecule is CCc1cc2c(OC(=O)OC(C)C)c3ccccc3c(OC(=O)OC(C)C)c2cc1CC. The molecular weight excluding hydrogens is 408 g/mol. The predicted molar refractivity (Wildman–Crippen MR) is 125 cm³/mol. The van der Waals surface area contributed by atoms with E-state index in [0.29, 0.717) is 33.0 Å². The van der Waals surface area contributed by atoms with Crippen LogP contribution in [-0.4, -0.2) is 24.5 Å². The summed E-state index contributed by atoms with van der Waals surface area (Å²) in [6.45, 7) is 11.2. The molecule has 32 heavy (non-hydrogen) atoms. The number of rotatable bonds is 6. The van der Waals surface area contributed by atoms with Gasteiger partial charge in [-0.2, -0.15) is 0 Å². The van der Waals surface area contributed by atoms with Gasteiger partial charge in [0.05, 0.1) is 12.2 Å². The molecule has 0 atom stereocenters. The summed E-state index contributed by atoms with van der Waals surface area (Å²) in [5.74, 6) is 0.756. The third-order valence-electron chi connectivity index (χ3n) is 5.04. The molecule has 0 saturated heterocycles. The maximum Gasteiger partial charge on any atom is 0.514 e. The van der Waals surface area contributed by atoms with Crippen molar-refractivity contribution in [3.8, 4) is 11.5 Å². The van der Waals surface area contributed by atoms with Crippen LogP contribution >= 0.6 is 0 Å². The van der Waals surface area contributed by atoms with Crippen molar-refractivity contribution in [3.05, 3.63) is 47.5 Å². The largest absolute Gasteiger partial charge is 0.514 e. The van der Waals surface area contributed by atoms with Gasteiger partial charge >= 0.3 is 12.3 Å². The molecule has 6 heteroatoms. The standard InChI is InChI=1S/C26H30O6/c1-7-17-13-21-22(14-18(17)8-2)24(32-26(28)30-16(5)6)20-12-10-9-11-19(20)23(21)31-25(27)29-15(3)4/h9-16H,7-8H2,1-6H3. The van der Waals surface area contributed by atoms with E-state index >= 15 is 0 Å². The van der Waals surface area contributed by atoms with Crippen molar-refractivity contribution < 1.29 is 28.5 Å². The fraction of sp³-hybridized carbons (Fsp3) is 0.385. The smallest absolute Gasteiger partial charge is 0.431 e. The molecule has 3 rings (SSSR count). The summed E-state index contributed by atoms with van der Waals surface area (Å²) in [4.78, 5) is 24.8. The number of hydrogen-bond acceptors (Lipinski definition) is 6. The average molecular weight is 439 g/mol. The van der Waals surface area contributed by atoms with E-state index in [2.05, 4.69) is 13.8 Å². The van der Waals surface area contributed by atoms with Gasteiger partial charge in [-0.05, 0) is 63.8 Å². The second kappa shape index (κ2) is 9.90. The van der Waals surface area contributed by atoms with Crippen LogP contribution in [0, 0.1) is 0 Å². The first-order chi connectivity index (χ1) is 15.2. The second-order valence-corrected chi connectivity index (χ2v) is 8.11. The highest BCUT2D eigenvalue weighted by atomic mass is 16.7. The number of fused-ring (bicyclic) bond motifs is 2. The van der Waals surface area contributed by atoms with Crippen LogP contribution in [-0.2, 0) is 22.3 Å². The summed E-state index contributed by atoms with van der Waals surface area (Å²) in [7, 11) is 0. The Balaban J connectivity index is 2.33. The van der Waals surface area contributed by atoms with Gasteiger partial charge in [0.15, 0.2) is 0 Å². The third-order valence-corrected chi connectivity index (χ3v) is 5.04. The van der Waals surface area contributed by atoms with Crippen LogP contribution in [0.25, 0.3) is 21.5 Å². The molecule has 3 aromatic rings. The first-order valence-corrected chi connectivity index (χ1v) is 11.0.